The Kier molecular flexibility index (Phi) is 4.99. The number of rotatable bonds is 6. The van der Waals surface area contributed by atoms with Gasteiger partial charge < -0.3 is 10.3 Å². The van der Waals surface area contributed by atoms with Crippen LogP contribution in [0.2, 0.25) is 5.02 Å². The van der Waals surface area contributed by atoms with Crippen LogP contribution in [0.1, 0.15) is 25.1 Å². The molecule has 0 amide bonds. The van der Waals surface area contributed by atoms with Crippen molar-refractivity contribution in [3.8, 4) is 0 Å². The van der Waals surface area contributed by atoms with E-state index >= 15 is 0 Å². The molecule has 3 aromatic rings. The van der Waals surface area contributed by atoms with Crippen LogP contribution in [0.5, 0.6) is 0 Å². The van der Waals surface area contributed by atoms with E-state index in [0.29, 0.717) is 12.0 Å². The van der Waals surface area contributed by atoms with Gasteiger partial charge in [0.15, 0.2) is 0 Å². The van der Waals surface area contributed by atoms with Gasteiger partial charge in [0.1, 0.15) is 0 Å². The van der Waals surface area contributed by atoms with Gasteiger partial charge in [-0.05, 0) is 49.1 Å². The molecule has 3 rings (SSSR count). The van der Waals surface area contributed by atoms with Gasteiger partial charge in [-0.15, -0.1) is 0 Å². The Hall–Kier alpha value is -1.84. The molecule has 2 heterocycles. The first-order chi connectivity index (χ1) is 11.1. The summed E-state index contributed by atoms with van der Waals surface area (Å²) >= 11 is 6.04. The van der Waals surface area contributed by atoms with Crippen LogP contribution < -0.4 is 5.32 Å². The Bertz CT molecular complexity index is 781. The molecule has 2 unspecified atom stereocenters. The Morgan fingerprint density at radius 1 is 1.22 bits per heavy atom. The SMILES string of the molecule is CC(Cc1nccc2cc[nH]c12)C(C)NCc1cccc(Cl)c1. The molecule has 2 aromatic heterocycles. The second-order valence-electron chi connectivity index (χ2n) is 6.18. The lowest BCUT2D eigenvalue weighted by Gasteiger charge is -2.21. The number of nitrogens with one attached hydrogen (secondary N) is 2. The van der Waals surface area contributed by atoms with Gasteiger partial charge in [0.25, 0.3) is 0 Å². The van der Waals surface area contributed by atoms with Gasteiger partial charge in [0.05, 0.1) is 11.2 Å². The van der Waals surface area contributed by atoms with Crippen molar-refractivity contribution in [3.05, 3.63) is 65.1 Å². The summed E-state index contributed by atoms with van der Waals surface area (Å²) in [5.41, 5.74) is 3.50. The van der Waals surface area contributed by atoms with E-state index in [9.17, 15) is 0 Å². The lowest BCUT2D eigenvalue weighted by molar-refractivity contribution is 0.395. The van der Waals surface area contributed by atoms with Gasteiger partial charge in [0.2, 0.25) is 0 Å². The first-order valence-corrected chi connectivity index (χ1v) is 8.40. The smallest absolute Gasteiger partial charge is 0.0673 e. The molecule has 0 spiro atoms. The predicted octanol–water partition coefficient (Wildman–Crippen LogP) is 4.57. The molecule has 2 N–H and O–H groups in total. The van der Waals surface area contributed by atoms with Crippen molar-refractivity contribution < 1.29 is 0 Å². The van der Waals surface area contributed by atoms with E-state index in [0.717, 1.165) is 29.2 Å². The molecule has 0 bridgehead atoms. The fourth-order valence-electron chi connectivity index (χ4n) is 2.81. The lowest BCUT2D eigenvalue weighted by Crippen LogP contribution is -2.32. The molecule has 0 aliphatic rings. The largest absolute Gasteiger partial charge is 0.360 e. The second kappa shape index (κ2) is 7.16. The maximum absolute atomic E-state index is 6.04. The Morgan fingerprint density at radius 3 is 2.91 bits per heavy atom. The Balaban J connectivity index is 1.61. The number of pyridine rings is 1. The number of fused-ring (bicyclic) bond motifs is 1. The summed E-state index contributed by atoms with van der Waals surface area (Å²) in [6.07, 6.45) is 4.81. The molecule has 0 saturated carbocycles. The van der Waals surface area contributed by atoms with E-state index < -0.39 is 0 Å². The number of hydrogen-bond acceptors (Lipinski definition) is 2. The molecule has 0 aliphatic carbocycles. The molecular weight excluding hydrogens is 306 g/mol. The molecular formula is C19H22ClN3. The fourth-order valence-corrected chi connectivity index (χ4v) is 3.02. The number of halogens is 1. The molecule has 0 fully saturated rings. The third-order valence-electron chi connectivity index (χ3n) is 4.44. The highest BCUT2D eigenvalue weighted by Gasteiger charge is 2.15. The van der Waals surface area contributed by atoms with Crippen LogP contribution >= 0.6 is 11.6 Å². The van der Waals surface area contributed by atoms with Crippen molar-refractivity contribution in [1.29, 1.82) is 0 Å². The average molecular weight is 328 g/mol. The Labute approximate surface area is 142 Å². The predicted molar refractivity (Wildman–Crippen MR) is 96.7 cm³/mol. The van der Waals surface area contributed by atoms with Gasteiger partial charge >= 0.3 is 0 Å². The Morgan fingerprint density at radius 2 is 2.09 bits per heavy atom. The van der Waals surface area contributed by atoms with E-state index in [1.165, 1.54) is 10.9 Å². The normalized spacial score (nSPS) is 14.0. The van der Waals surface area contributed by atoms with E-state index in [-0.39, 0.29) is 0 Å². The summed E-state index contributed by atoms with van der Waals surface area (Å²) in [4.78, 5) is 7.85. The number of H-pyrrole nitrogens is 1. The summed E-state index contributed by atoms with van der Waals surface area (Å²) < 4.78 is 0. The van der Waals surface area contributed by atoms with E-state index in [2.05, 4.69) is 41.3 Å². The van der Waals surface area contributed by atoms with Crippen LogP contribution in [0.25, 0.3) is 10.9 Å². The zero-order valence-electron chi connectivity index (χ0n) is 13.5. The van der Waals surface area contributed by atoms with Crippen molar-refractivity contribution in [1.82, 2.24) is 15.3 Å². The minimum Gasteiger partial charge on any atom is -0.360 e. The maximum atomic E-state index is 6.04. The second-order valence-corrected chi connectivity index (χ2v) is 6.62. The van der Waals surface area contributed by atoms with Gasteiger partial charge in [0, 0.05) is 35.4 Å². The monoisotopic (exact) mass is 327 g/mol. The summed E-state index contributed by atoms with van der Waals surface area (Å²) in [5.74, 6) is 0.482. The quantitative estimate of drug-likeness (QED) is 0.696. The number of benzene rings is 1. The zero-order chi connectivity index (χ0) is 16.2. The number of nitrogens with zero attached hydrogens (tertiary/aromatic N) is 1. The fraction of sp³-hybridized carbons (Fsp3) is 0.316. The standard InChI is InChI=1S/C19H22ClN3/c1-13(10-18-19-16(6-8-21-18)7-9-22-19)14(2)23-12-15-4-3-5-17(20)11-15/h3-9,11,13-14,22-23H,10,12H2,1-2H3. The highest BCUT2D eigenvalue weighted by atomic mass is 35.5. The van der Waals surface area contributed by atoms with Crippen molar-refractivity contribution in [2.75, 3.05) is 0 Å². The van der Waals surface area contributed by atoms with Gasteiger partial charge in [-0.1, -0.05) is 30.7 Å². The first kappa shape index (κ1) is 16.0. The highest BCUT2D eigenvalue weighted by Crippen LogP contribution is 2.19. The molecule has 3 nitrogen and oxygen atoms in total. The topological polar surface area (TPSA) is 40.7 Å². The minimum absolute atomic E-state index is 0.390. The summed E-state index contributed by atoms with van der Waals surface area (Å²) in [5, 5.41) is 5.60. The van der Waals surface area contributed by atoms with Crippen LogP contribution in [0, 0.1) is 5.92 Å². The van der Waals surface area contributed by atoms with Crippen LogP contribution in [-0.2, 0) is 13.0 Å². The third-order valence-corrected chi connectivity index (χ3v) is 4.67. The van der Waals surface area contributed by atoms with Crippen LogP contribution in [0.15, 0.2) is 48.8 Å². The van der Waals surface area contributed by atoms with Crippen molar-refractivity contribution in [2.24, 2.45) is 5.92 Å². The van der Waals surface area contributed by atoms with Crippen LogP contribution in [0.3, 0.4) is 0 Å². The molecule has 0 aliphatic heterocycles. The zero-order valence-corrected chi connectivity index (χ0v) is 14.3. The van der Waals surface area contributed by atoms with Gasteiger partial charge in [-0.25, -0.2) is 0 Å². The maximum Gasteiger partial charge on any atom is 0.0673 e. The number of aromatic amines is 1. The molecule has 4 heteroatoms. The van der Waals surface area contributed by atoms with Crippen molar-refractivity contribution in [2.45, 2.75) is 32.9 Å². The molecule has 0 saturated heterocycles. The summed E-state index contributed by atoms with van der Waals surface area (Å²) in [7, 11) is 0. The number of hydrogen-bond donors (Lipinski definition) is 2. The molecule has 23 heavy (non-hydrogen) atoms. The van der Waals surface area contributed by atoms with Gasteiger partial charge in [-0.2, -0.15) is 0 Å². The van der Waals surface area contributed by atoms with E-state index in [4.69, 9.17) is 11.6 Å². The first-order valence-electron chi connectivity index (χ1n) is 8.02. The molecule has 120 valence electrons. The van der Waals surface area contributed by atoms with E-state index in [1.807, 2.05) is 36.7 Å². The molecule has 1 aromatic carbocycles. The summed E-state index contributed by atoms with van der Waals surface area (Å²) in [6.45, 7) is 5.31. The average Bonchev–Trinajstić information content (AvgIpc) is 3.02. The van der Waals surface area contributed by atoms with Gasteiger partial charge in [-0.3, -0.25) is 4.98 Å². The third kappa shape index (κ3) is 3.92. The molecule has 0 radical (unpaired) electrons. The summed E-state index contributed by atoms with van der Waals surface area (Å²) in [6, 6.07) is 12.5. The highest BCUT2D eigenvalue weighted by molar-refractivity contribution is 6.30. The number of aromatic nitrogens is 2. The molecule has 2 atom stereocenters. The van der Waals surface area contributed by atoms with Crippen LogP contribution in [0.4, 0.5) is 0 Å². The minimum atomic E-state index is 0.390. The van der Waals surface area contributed by atoms with E-state index in [1.54, 1.807) is 0 Å². The van der Waals surface area contributed by atoms with Crippen LogP contribution in [-0.4, -0.2) is 16.0 Å². The lowest BCUT2D eigenvalue weighted by atomic mass is 9.96. The van der Waals surface area contributed by atoms with Crippen molar-refractivity contribution >= 4 is 22.5 Å². The van der Waals surface area contributed by atoms with Crippen molar-refractivity contribution in [3.63, 3.8) is 0 Å².